The standard InChI is InChI=1S/C15H12BrF3N4O3S/c1-3-27(25,26)9-4-5-11(16)21-13(9)8-7-23-12(20-8)6-10(15(17,18)19)22(2)14(23)24/h4-7H,3H2,1-2H3. The van der Waals surface area contributed by atoms with Gasteiger partial charge in [-0.3, -0.25) is 8.97 Å². The van der Waals surface area contributed by atoms with Gasteiger partial charge in [-0.25, -0.2) is 23.2 Å². The molecule has 0 saturated heterocycles. The fourth-order valence-corrected chi connectivity index (χ4v) is 3.87. The second kappa shape index (κ2) is 6.44. The van der Waals surface area contributed by atoms with Gasteiger partial charge < -0.3 is 0 Å². The number of hydrogen-bond donors (Lipinski definition) is 0. The van der Waals surface area contributed by atoms with Crippen LogP contribution in [0.1, 0.15) is 12.6 Å². The second-order valence-corrected chi connectivity index (χ2v) is 8.67. The van der Waals surface area contributed by atoms with Crippen LogP contribution in [0.25, 0.3) is 17.0 Å². The highest BCUT2D eigenvalue weighted by Crippen LogP contribution is 2.30. The van der Waals surface area contributed by atoms with Crippen LogP contribution in [0.2, 0.25) is 0 Å². The number of aromatic nitrogens is 4. The summed E-state index contributed by atoms with van der Waals surface area (Å²) in [5, 5.41) is 0. The summed E-state index contributed by atoms with van der Waals surface area (Å²) < 4.78 is 65.7. The van der Waals surface area contributed by atoms with Crippen molar-refractivity contribution in [1.82, 2.24) is 18.9 Å². The molecule has 3 aromatic heterocycles. The Morgan fingerprint density at radius 2 is 1.89 bits per heavy atom. The first-order valence-electron chi connectivity index (χ1n) is 7.51. The van der Waals surface area contributed by atoms with Gasteiger partial charge in [-0.1, -0.05) is 6.92 Å². The number of fused-ring (bicyclic) bond motifs is 1. The quantitative estimate of drug-likeness (QED) is 0.556. The topological polar surface area (TPSA) is 86.3 Å². The summed E-state index contributed by atoms with van der Waals surface area (Å²) in [6, 6.07) is 3.48. The summed E-state index contributed by atoms with van der Waals surface area (Å²) in [5.74, 6) is -0.198. The van der Waals surface area contributed by atoms with Crippen molar-refractivity contribution in [2.45, 2.75) is 18.0 Å². The van der Waals surface area contributed by atoms with Crippen LogP contribution in [0.4, 0.5) is 13.2 Å². The van der Waals surface area contributed by atoms with Crippen LogP contribution in [0.15, 0.2) is 38.7 Å². The van der Waals surface area contributed by atoms with Gasteiger partial charge in [0.05, 0.1) is 10.6 Å². The van der Waals surface area contributed by atoms with E-state index in [2.05, 4.69) is 25.9 Å². The SMILES string of the molecule is CCS(=O)(=O)c1ccc(Br)nc1-c1cn2c(=O)n(C)c(C(F)(F)F)cc2n1. The molecule has 7 nitrogen and oxygen atoms in total. The van der Waals surface area contributed by atoms with Gasteiger partial charge in [-0.15, -0.1) is 0 Å². The molecule has 0 aliphatic heterocycles. The Bertz CT molecular complexity index is 1220. The third-order valence-corrected chi connectivity index (χ3v) is 6.13. The van der Waals surface area contributed by atoms with E-state index < -0.39 is 27.4 Å². The average molecular weight is 465 g/mol. The first kappa shape index (κ1) is 19.5. The number of imidazole rings is 1. The monoisotopic (exact) mass is 464 g/mol. The largest absolute Gasteiger partial charge is 0.431 e. The van der Waals surface area contributed by atoms with Crippen LogP contribution >= 0.6 is 15.9 Å². The molecule has 0 radical (unpaired) electrons. The summed E-state index contributed by atoms with van der Waals surface area (Å²) in [6.45, 7) is 1.45. The molecule has 0 aliphatic carbocycles. The van der Waals surface area contributed by atoms with Crippen molar-refractivity contribution < 1.29 is 21.6 Å². The lowest BCUT2D eigenvalue weighted by Gasteiger charge is -2.11. The van der Waals surface area contributed by atoms with Gasteiger partial charge in [-0.2, -0.15) is 13.2 Å². The van der Waals surface area contributed by atoms with Crippen molar-refractivity contribution in [2.24, 2.45) is 7.05 Å². The lowest BCUT2D eigenvalue weighted by atomic mass is 10.3. The minimum Gasteiger partial charge on any atom is -0.292 e. The number of hydrogen-bond acceptors (Lipinski definition) is 5. The molecule has 0 saturated carbocycles. The van der Waals surface area contributed by atoms with Crippen LogP contribution in [0.3, 0.4) is 0 Å². The van der Waals surface area contributed by atoms with Crippen molar-refractivity contribution in [1.29, 1.82) is 0 Å². The molecule has 0 amide bonds. The van der Waals surface area contributed by atoms with Crippen molar-refractivity contribution >= 4 is 31.4 Å². The minimum absolute atomic E-state index is 0.0280. The first-order chi connectivity index (χ1) is 12.5. The van der Waals surface area contributed by atoms with E-state index in [4.69, 9.17) is 0 Å². The molecule has 12 heteroatoms. The van der Waals surface area contributed by atoms with Gasteiger partial charge in [0.25, 0.3) is 0 Å². The highest BCUT2D eigenvalue weighted by atomic mass is 79.9. The molecule has 27 heavy (non-hydrogen) atoms. The van der Waals surface area contributed by atoms with Crippen LogP contribution in [0.5, 0.6) is 0 Å². The number of halogens is 4. The zero-order valence-corrected chi connectivity index (χ0v) is 16.4. The van der Waals surface area contributed by atoms with E-state index in [9.17, 15) is 26.4 Å². The molecule has 0 unspecified atom stereocenters. The van der Waals surface area contributed by atoms with Crippen molar-refractivity contribution in [3.05, 3.63) is 45.2 Å². The van der Waals surface area contributed by atoms with Crippen LogP contribution in [-0.4, -0.2) is 33.1 Å². The molecule has 144 valence electrons. The minimum atomic E-state index is -4.74. The van der Waals surface area contributed by atoms with Gasteiger partial charge >= 0.3 is 11.9 Å². The van der Waals surface area contributed by atoms with Gasteiger partial charge in [0.1, 0.15) is 27.3 Å². The summed E-state index contributed by atoms with van der Waals surface area (Å²) in [4.78, 5) is 20.3. The number of rotatable bonds is 3. The second-order valence-electron chi connectivity index (χ2n) is 5.61. The number of pyridine rings is 1. The highest BCUT2D eigenvalue weighted by molar-refractivity contribution is 9.10. The Balaban J connectivity index is 2.34. The molecule has 0 atom stereocenters. The molecule has 0 bridgehead atoms. The maximum atomic E-state index is 13.1. The lowest BCUT2D eigenvalue weighted by Crippen LogP contribution is -2.29. The van der Waals surface area contributed by atoms with Crippen LogP contribution < -0.4 is 5.69 Å². The molecule has 0 aromatic carbocycles. The summed E-state index contributed by atoms with van der Waals surface area (Å²) in [6.07, 6.45) is -3.58. The fraction of sp³-hybridized carbons (Fsp3) is 0.267. The molecule has 3 aromatic rings. The van der Waals surface area contributed by atoms with Crippen molar-refractivity contribution in [3.8, 4) is 11.4 Å². The Kier molecular flexibility index (Phi) is 4.67. The average Bonchev–Trinajstić information content (AvgIpc) is 3.01. The Morgan fingerprint density at radius 3 is 2.48 bits per heavy atom. The number of sulfone groups is 1. The van der Waals surface area contributed by atoms with Gasteiger partial charge in [0.15, 0.2) is 9.84 Å². The van der Waals surface area contributed by atoms with Crippen molar-refractivity contribution in [2.75, 3.05) is 5.75 Å². The van der Waals surface area contributed by atoms with Crippen molar-refractivity contribution in [3.63, 3.8) is 0 Å². The molecule has 0 spiro atoms. The molecular weight excluding hydrogens is 453 g/mol. The molecule has 3 rings (SSSR count). The molecule has 3 heterocycles. The maximum Gasteiger partial charge on any atom is 0.431 e. The molecule has 0 aliphatic rings. The van der Waals surface area contributed by atoms with E-state index in [0.29, 0.717) is 9.17 Å². The summed E-state index contributed by atoms with van der Waals surface area (Å²) >= 11 is 3.13. The maximum absolute atomic E-state index is 13.1. The zero-order valence-electron chi connectivity index (χ0n) is 14.0. The Labute approximate surface area is 159 Å². The van der Waals surface area contributed by atoms with E-state index >= 15 is 0 Å². The van der Waals surface area contributed by atoms with E-state index in [-0.39, 0.29) is 27.7 Å². The zero-order chi connectivity index (χ0) is 20.1. The lowest BCUT2D eigenvalue weighted by molar-refractivity contribution is -0.143. The first-order valence-corrected chi connectivity index (χ1v) is 9.96. The Morgan fingerprint density at radius 1 is 1.22 bits per heavy atom. The highest BCUT2D eigenvalue weighted by Gasteiger charge is 2.35. The van der Waals surface area contributed by atoms with Gasteiger partial charge in [0.2, 0.25) is 0 Å². The molecule has 0 N–H and O–H groups in total. The van der Waals surface area contributed by atoms with E-state index in [1.165, 1.54) is 25.3 Å². The number of nitrogens with zero attached hydrogens (tertiary/aromatic N) is 4. The van der Waals surface area contributed by atoms with Crippen LogP contribution in [-0.2, 0) is 23.1 Å². The van der Waals surface area contributed by atoms with Gasteiger partial charge in [0, 0.05) is 19.3 Å². The predicted molar refractivity (Wildman–Crippen MR) is 94.1 cm³/mol. The number of alkyl halides is 3. The van der Waals surface area contributed by atoms with Gasteiger partial charge in [-0.05, 0) is 28.1 Å². The molecule has 0 fully saturated rings. The summed E-state index contributed by atoms with van der Waals surface area (Å²) in [7, 11) is -2.68. The van der Waals surface area contributed by atoms with E-state index in [1.807, 2.05) is 0 Å². The summed E-state index contributed by atoms with van der Waals surface area (Å²) in [5.41, 5.74) is -2.47. The molecular formula is C15H12BrF3N4O3S. The smallest absolute Gasteiger partial charge is 0.292 e. The normalized spacial score (nSPS) is 12.7. The Hall–Kier alpha value is -2.21. The predicted octanol–water partition coefficient (Wildman–Crippen LogP) is 2.67. The fourth-order valence-electron chi connectivity index (χ4n) is 2.53. The third-order valence-electron chi connectivity index (χ3n) is 3.93. The third kappa shape index (κ3) is 3.38. The van der Waals surface area contributed by atoms with E-state index in [1.54, 1.807) is 0 Å². The van der Waals surface area contributed by atoms with Crippen LogP contribution in [0, 0.1) is 0 Å². The van der Waals surface area contributed by atoms with E-state index in [0.717, 1.165) is 17.5 Å².